The Kier molecular flexibility index (Phi) is 4.38. The lowest BCUT2D eigenvalue weighted by Crippen LogP contribution is -2.35. The summed E-state index contributed by atoms with van der Waals surface area (Å²) in [5, 5.41) is 18.6. The molecule has 0 saturated carbocycles. The van der Waals surface area contributed by atoms with E-state index in [2.05, 4.69) is 6.58 Å². The average Bonchev–Trinajstić information content (AvgIpc) is 2.08. The van der Waals surface area contributed by atoms with Crippen LogP contribution in [0.3, 0.4) is 0 Å². The maximum atomic E-state index is 9.54. The standard InChI is InChI=1S/C9H18O2/c1-4-8(11)9(5-2,6-3)7-10/h5,8,10-11H,2,4,6-7H2,1,3H3. The number of rotatable bonds is 5. The molecule has 0 bridgehead atoms. The normalized spacial score (nSPS) is 18.9. The first kappa shape index (κ1) is 10.7. The summed E-state index contributed by atoms with van der Waals surface area (Å²) in [6.45, 7) is 7.44. The van der Waals surface area contributed by atoms with Crippen LogP contribution in [0.2, 0.25) is 0 Å². The zero-order chi connectivity index (χ0) is 8.91. The minimum Gasteiger partial charge on any atom is -0.395 e. The summed E-state index contributed by atoms with van der Waals surface area (Å²) < 4.78 is 0. The van der Waals surface area contributed by atoms with Crippen LogP contribution in [0.25, 0.3) is 0 Å². The third-order valence-electron chi connectivity index (χ3n) is 2.41. The molecule has 2 atom stereocenters. The highest BCUT2D eigenvalue weighted by Crippen LogP contribution is 2.28. The molecule has 66 valence electrons. The molecule has 2 nitrogen and oxygen atoms in total. The molecule has 2 N–H and O–H groups in total. The third kappa shape index (κ3) is 2.04. The van der Waals surface area contributed by atoms with Gasteiger partial charge in [0.05, 0.1) is 12.7 Å². The second kappa shape index (κ2) is 4.52. The predicted octanol–water partition coefficient (Wildman–Crippen LogP) is 1.33. The molecule has 0 aromatic carbocycles. The molecule has 0 aliphatic heterocycles. The fourth-order valence-electron chi connectivity index (χ4n) is 1.20. The zero-order valence-electron chi connectivity index (χ0n) is 7.38. The van der Waals surface area contributed by atoms with Gasteiger partial charge in [0.1, 0.15) is 0 Å². The van der Waals surface area contributed by atoms with Gasteiger partial charge >= 0.3 is 0 Å². The molecule has 0 saturated heterocycles. The maximum Gasteiger partial charge on any atom is 0.0650 e. The Hall–Kier alpha value is -0.340. The highest BCUT2D eigenvalue weighted by molar-refractivity contribution is 4.98. The fourth-order valence-corrected chi connectivity index (χ4v) is 1.20. The number of hydrogen-bond donors (Lipinski definition) is 2. The van der Waals surface area contributed by atoms with Crippen molar-refractivity contribution in [2.45, 2.75) is 32.8 Å². The molecule has 0 aliphatic rings. The van der Waals surface area contributed by atoms with Crippen molar-refractivity contribution in [3.05, 3.63) is 12.7 Å². The highest BCUT2D eigenvalue weighted by atomic mass is 16.3. The van der Waals surface area contributed by atoms with Gasteiger partial charge in [-0.3, -0.25) is 0 Å². The molecule has 0 rings (SSSR count). The van der Waals surface area contributed by atoms with Crippen LogP contribution in [0, 0.1) is 5.41 Å². The van der Waals surface area contributed by atoms with Gasteiger partial charge in [-0.1, -0.05) is 19.9 Å². The molecule has 11 heavy (non-hydrogen) atoms. The van der Waals surface area contributed by atoms with Gasteiger partial charge in [0, 0.05) is 5.41 Å². The number of hydrogen-bond acceptors (Lipinski definition) is 2. The molecule has 0 aromatic heterocycles. The van der Waals surface area contributed by atoms with Crippen LogP contribution in [0.5, 0.6) is 0 Å². The quantitative estimate of drug-likeness (QED) is 0.593. The summed E-state index contributed by atoms with van der Waals surface area (Å²) in [4.78, 5) is 0. The summed E-state index contributed by atoms with van der Waals surface area (Å²) in [5.41, 5.74) is -0.491. The van der Waals surface area contributed by atoms with Crippen molar-refractivity contribution in [1.82, 2.24) is 0 Å². The molecular weight excluding hydrogens is 140 g/mol. The average molecular weight is 158 g/mol. The Labute approximate surface area is 68.6 Å². The van der Waals surface area contributed by atoms with E-state index in [-0.39, 0.29) is 6.61 Å². The van der Waals surface area contributed by atoms with E-state index < -0.39 is 11.5 Å². The number of aliphatic hydroxyl groups is 2. The molecule has 2 heteroatoms. The first-order valence-electron chi connectivity index (χ1n) is 4.09. The smallest absolute Gasteiger partial charge is 0.0650 e. The van der Waals surface area contributed by atoms with E-state index in [9.17, 15) is 5.11 Å². The van der Waals surface area contributed by atoms with E-state index in [1.54, 1.807) is 6.08 Å². The summed E-state index contributed by atoms with van der Waals surface area (Å²) in [7, 11) is 0. The van der Waals surface area contributed by atoms with Crippen molar-refractivity contribution in [2.24, 2.45) is 5.41 Å². The van der Waals surface area contributed by atoms with Crippen LogP contribution in [0.15, 0.2) is 12.7 Å². The van der Waals surface area contributed by atoms with E-state index in [1.165, 1.54) is 0 Å². The topological polar surface area (TPSA) is 40.5 Å². The van der Waals surface area contributed by atoms with Gasteiger partial charge in [0.25, 0.3) is 0 Å². The molecular formula is C9H18O2. The maximum absolute atomic E-state index is 9.54. The highest BCUT2D eigenvalue weighted by Gasteiger charge is 2.30. The van der Waals surface area contributed by atoms with Crippen molar-refractivity contribution < 1.29 is 10.2 Å². The summed E-state index contributed by atoms with van der Waals surface area (Å²) in [6.07, 6.45) is 2.55. The summed E-state index contributed by atoms with van der Waals surface area (Å²) >= 11 is 0. The van der Waals surface area contributed by atoms with Crippen LogP contribution in [0.1, 0.15) is 26.7 Å². The Morgan fingerprint density at radius 3 is 2.18 bits per heavy atom. The van der Waals surface area contributed by atoms with Crippen molar-refractivity contribution in [2.75, 3.05) is 6.61 Å². The van der Waals surface area contributed by atoms with Gasteiger partial charge < -0.3 is 10.2 Å². The third-order valence-corrected chi connectivity index (χ3v) is 2.41. The minimum absolute atomic E-state index is 0.0258. The van der Waals surface area contributed by atoms with Crippen molar-refractivity contribution in [3.63, 3.8) is 0 Å². The second-order valence-electron chi connectivity index (χ2n) is 2.87. The second-order valence-corrected chi connectivity index (χ2v) is 2.87. The SMILES string of the molecule is C=CC(CC)(CO)C(O)CC. The molecule has 0 radical (unpaired) electrons. The Balaban J connectivity index is 4.38. The van der Waals surface area contributed by atoms with Gasteiger partial charge in [-0.15, -0.1) is 6.58 Å². The molecule has 0 heterocycles. The lowest BCUT2D eigenvalue weighted by atomic mass is 9.79. The zero-order valence-corrected chi connectivity index (χ0v) is 7.38. The van der Waals surface area contributed by atoms with Crippen LogP contribution in [-0.2, 0) is 0 Å². The number of aliphatic hydroxyl groups excluding tert-OH is 2. The van der Waals surface area contributed by atoms with Crippen molar-refractivity contribution >= 4 is 0 Å². The Bertz CT molecular complexity index is 117. The van der Waals surface area contributed by atoms with Gasteiger partial charge in [0.15, 0.2) is 0 Å². The van der Waals surface area contributed by atoms with E-state index in [0.717, 1.165) is 6.42 Å². The Morgan fingerprint density at radius 1 is 1.55 bits per heavy atom. The first-order valence-corrected chi connectivity index (χ1v) is 4.09. The Morgan fingerprint density at radius 2 is 2.09 bits per heavy atom. The van der Waals surface area contributed by atoms with Crippen LogP contribution in [0.4, 0.5) is 0 Å². The van der Waals surface area contributed by atoms with Gasteiger partial charge in [0.2, 0.25) is 0 Å². The monoisotopic (exact) mass is 158 g/mol. The fraction of sp³-hybridized carbons (Fsp3) is 0.778. The lowest BCUT2D eigenvalue weighted by molar-refractivity contribution is 0.0113. The molecule has 0 aromatic rings. The van der Waals surface area contributed by atoms with Crippen molar-refractivity contribution in [3.8, 4) is 0 Å². The molecule has 0 fully saturated rings. The van der Waals surface area contributed by atoms with Crippen LogP contribution < -0.4 is 0 Å². The molecule has 0 aliphatic carbocycles. The molecule has 2 unspecified atom stereocenters. The first-order chi connectivity index (χ1) is 5.16. The molecule has 0 spiro atoms. The lowest BCUT2D eigenvalue weighted by Gasteiger charge is -2.31. The van der Waals surface area contributed by atoms with Crippen molar-refractivity contribution in [1.29, 1.82) is 0 Å². The van der Waals surface area contributed by atoms with Crippen LogP contribution in [-0.4, -0.2) is 22.9 Å². The molecule has 0 amide bonds. The van der Waals surface area contributed by atoms with Gasteiger partial charge in [-0.25, -0.2) is 0 Å². The van der Waals surface area contributed by atoms with Gasteiger partial charge in [-0.05, 0) is 12.8 Å². The van der Waals surface area contributed by atoms with Gasteiger partial charge in [-0.2, -0.15) is 0 Å². The minimum atomic E-state index is -0.491. The van der Waals surface area contributed by atoms with E-state index in [1.807, 2.05) is 13.8 Å². The summed E-state index contributed by atoms with van der Waals surface area (Å²) in [5.74, 6) is 0. The summed E-state index contributed by atoms with van der Waals surface area (Å²) in [6, 6.07) is 0. The predicted molar refractivity (Wildman–Crippen MR) is 46.3 cm³/mol. The largest absolute Gasteiger partial charge is 0.395 e. The van der Waals surface area contributed by atoms with E-state index in [0.29, 0.717) is 6.42 Å². The van der Waals surface area contributed by atoms with Crippen LogP contribution >= 0.6 is 0 Å². The van der Waals surface area contributed by atoms with E-state index >= 15 is 0 Å². The van der Waals surface area contributed by atoms with E-state index in [4.69, 9.17) is 5.11 Å².